The van der Waals surface area contributed by atoms with E-state index in [0.29, 0.717) is 5.06 Å². The lowest BCUT2D eigenvalue weighted by Gasteiger charge is -2.21. The number of hydrogen-bond donors (Lipinski definition) is 2. The number of carbonyl (C=O) groups excluding carboxylic acids is 8. The van der Waals surface area contributed by atoms with Crippen molar-refractivity contribution in [1.82, 2.24) is 15.7 Å². The van der Waals surface area contributed by atoms with Gasteiger partial charge in [-0.25, -0.2) is 9.59 Å². The minimum absolute atomic E-state index is 0.0385. The molecule has 1 heterocycles. The zero-order chi connectivity index (χ0) is 31.6. The fraction of sp³-hybridized carbons (Fsp3) is 0.310. The van der Waals surface area contributed by atoms with E-state index in [2.05, 4.69) is 10.6 Å². The predicted molar refractivity (Wildman–Crippen MR) is 157 cm³/mol. The van der Waals surface area contributed by atoms with Crippen molar-refractivity contribution < 1.29 is 47.9 Å². The van der Waals surface area contributed by atoms with E-state index in [-0.39, 0.29) is 48.3 Å². The van der Waals surface area contributed by atoms with Gasteiger partial charge in [-0.05, 0) is 24.3 Å². The van der Waals surface area contributed by atoms with Gasteiger partial charge in [-0.3, -0.25) is 28.8 Å². The summed E-state index contributed by atoms with van der Waals surface area (Å²) in [7, 11) is 2.04. The Morgan fingerprint density at radius 2 is 1.11 bits per heavy atom. The SMILES string of the molecule is O=C(N[C@@H](CSSC[C@H](NC(=O)c1ccccc1)C(=O)ON1C(=O)CCC1=O)C(=O)OC1C(=O)CCC1=O)c1ccccc1. The summed E-state index contributed by atoms with van der Waals surface area (Å²) in [6.07, 6.45) is -1.82. The molecular weight excluding hydrogens is 614 g/mol. The number of ether oxygens (including phenoxy) is 1. The van der Waals surface area contributed by atoms with Gasteiger partial charge in [-0.15, -0.1) is 5.06 Å². The Bertz CT molecular complexity index is 1310. The maximum absolute atomic E-state index is 13.0. The van der Waals surface area contributed by atoms with Crippen LogP contribution in [-0.4, -0.2) is 81.9 Å². The highest BCUT2D eigenvalue weighted by Gasteiger charge is 2.38. The van der Waals surface area contributed by atoms with Crippen molar-refractivity contribution in [1.29, 1.82) is 0 Å². The summed E-state index contributed by atoms with van der Waals surface area (Å²) in [6, 6.07) is 13.5. The van der Waals surface area contributed by atoms with Crippen molar-refractivity contribution in [2.45, 2.75) is 43.9 Å². The number of amides is 4. The number of hydrogen-bond acceptors (Lipinski definition) is 12. The molecule has 2 aromatic rings. The Morgan fingerprint density at radius 1 is 0.682 bits per heavy atom. The van der Waals surface area contributed by atoms with Gasteiger partial charge in [0.25, 0.3) is 23.6 Å². The summed E-state index contributed by atoms with van der Waals surface area (Å²) in [5, 5.41) is 5.45. The molecule has 2 N–H and O–H groups in total. The third-order valence-electron chi connectivity index (χ3n) is 6.43. The lowest BCUT2D eigenvalue weighted by atomic mass is 10.2. The van der Waals surface area contributed by atoms with E-state index in [4.69, 9.17) is 9.57 Å². The first-order chi connectivity index (χ1) is 21.1. The Hall–Kier alpha value is -4.50. The molecule has 1 saturated carbocycles. The largest absolute Gasteiger partial charge is 0.445 e. The Balaban J connectivity index is 1.42. The summed E-state index contributed by atoms with van der Waals surface area (Å²) in [4.78, 5) is 104. The fourth-order valence-electron chi connectivity index (χ4n) is 4.06. The van der Waals surface area contributed by atoms with Gasteiger partial charge in [0, 0.05) is 48.3 Å². The van der Waals surface area contributed by atoms with Gasteiger partial charge in [-0.2, -0.15) is 0 Å². The highest BCUT2D eigenvalue weighted by molar-refractivity contribution is 8.76. The molecule has 4 amide bonds. The lowest BCUT2D eigenvalue weighted by molar-refractivity contribution is -0.198. The number of rotatable bonds is 13. The van der Waals surface area contributed by atoms with E-state index in [0.717, 1.165) is 21.6 Å². The van der Waals surface area contributed by atoms with Crippen molar-refractivity contribution >= 4 is 68.7 Å². The molecule has 0 spiro atoms. The monoisotopic (exact) mass is 641 g/mol. The number of carbonyl (C=O) groups is 8. The molecule has 15 heteroatoms. The van der Waals surface area contributed by atoms with Gasteiger partial charge in [0.1, 0.15) is 12.1 Å². The van der Waals surface area contributed by atoms with E-state index in [1.807, 2.05) is 0 Å². The molecule has 1 aliphatic carbocycles. The summed E-state index contributed by atoms with van der Waals surface area (Å²) in [5.74, 6) is -5.93. The summed E-state index contributed by atoms with van der Waals surface area (Å²) >= 11 is 0. The van der Waals surface area contributed by atoms with Crippen LogP contribution >= 0.6 is 21.6 Å². The van der Waals surface area contributed by atoms with Crippen LogP contribution in [-0.2, 0) is 38.3 Å². The van der Waals surface area contributed by atoms with Crippen LogP contribution in [0, 0.1) is 0 Å². The molecule has 4 rings (SSSR count). The standard InChI is InChI=1S/C29H27N3O10S2/c33-21-11-12-22(34)25(21)41-28(39)19(30-26(37)17-7-3-1-4-8-17)15-43-44-16-20(31-27(38)18-9-5-2-6-10-18)29(40)42-32-23(35)13-14-24(32)36/h1-10,19-20,25H,11-16H2,(H,30,37)(H,31,38)/t19-,20-/m0/s1. The minimum atomic E-state index is -1.53. The molecule has 13 nitrogen and oxygen atoms in total. The molecule has 44 heavy (non-hydrogen) atoms. The van der Waals surface area contributed by atoms with E-state index in [1.165, 1.54) is 24.3 Å². The van der Waals surface area contributed by atoms with Crippen LogP contribution in [0.4, 0.5) is 0 Å². The number of Topliss-reactive ketones (excluding diaryl/α,β-unsaturated/α-hetero) is 2. The van der Waals surface area contributed by atoms with Crippen molar-refractivity contribution in [3.05, 3.63) is 71.8 Å². The highest BCUT2D eigenvalue weighted by Crippen LogP contribution is 2.25. The topological polar surface area (TPSA) is 182 Å². The second-order valence-electron chi connectivity index (χ2n) is 9.59. The van der Waals surface area contributed by atoms with Crippen LogP contribution < -0.4 is 10.6 Å². The quantitative estimate of drug-likeness (QED) is 0.106. The molecule has 0 aromatic heterocycles. The van der Waals surface area contributed by atoms with Crippen LogP contribution in [0.25, 0.3) is 0 Å². The Labute approximate surface area is 259 Å². The van der Waals surface area contributed by atoms with Crippen molar-refractivity contribution in [2.24, 2.45) is 0 Å². The zero-order valence-electron chi connectivity index (χ0n) is 23.1. The van der Waals surface area contributed by atoms with Crippen molar-refractivity contribution in [3.63, 3.8) is 0 Å². The van der Waals surface area contributed by atoms with Gasteiger partial charge in [0.15, 0.2) is 11.6 Å². The predicted octanol–water partition coefficient (Wildman–Crippen LogP) is 1.42. The van der Waals surface area contributed by atoms with E-state index < -0.39 is 65.3 Å². The van der Waals surface area contributed by atoms with Crippen molar-refractivity contribution in [3.8, 4) is 0 Å². The third-order valence-corrected chi connectivity index (χ3v) is 8.85. The van der Waals surface area contributed by atoms with E-state index >= 15 is 0 Å². The maximum atomic E-state index is 13.0. The lowest BCUT2D eigenvalue weighted by Crippen LogP contribution is -2.47. The minimum Gasteiger partial charge on any atom is -0.445 e. The number of imide groups is 1. The first-order valence-electron chi connectivity index (χ1n) is 13.4. The second kappa shape index (κ2) is 15.3. The smallest absolute Gasteiger partial charge is 0.356 e. The number of benzene rings is 2. The molecule has 2 aromatic carbocycles. The molecule has 1 saturated heterocycles. The summed E-state index contributed by atoms with van der Waals surface area (Å²) in [6.45, 7) is 0. The number of esters is 1. The molecule has 0 bridgehead atoms. The molecule has 0 radical (unpaired) electrons. The van der Waals surface area contributed by atoms with Gasteiger partial charge >= 0.3 is 11.9 Å². The molecule has 230 valence electrons. The first kappa shape index (κ1) is 32.4. The average molecular weight is 642 g/mol. The van der Waals surface area contributed by atoms with E-state index in [9.17, 15) is 38.4 Å². The highest BCUT2D eigenvalue weighted by atomic mass is 33.1. The normalized spacial score (nSPS) is 16.4. The Morgan fingerprint density at radius 3 is 1.57 bits per heavy atom. The number of nitrogens with zero attached hydrogens (tertiary/aromatic N) is 1. The molecule has 2 fully saturated rings. The van der Waals surface area contributed by atoms with Crippen LogP contribution in [0.3, 0.4) is 0 Å². The number of hydroxylamine groups is 2. The van der Waals surface area contributed by atoms with Crippen LogP contribution in [0.5, 0.6) is 0 Å². The maximum Gasteiger partial charge on any atom is 0.356 e. The van der Waals surface area contributed by atoms with E-state index in [1.54, 1.807) is 36.4 Å². The average Bonchev–Trinajstić information content (AvgIpc) is 3.52. The van der Waals surface area contributed by atoms with Crippen molar-refractivity contribution in [2.75, 3.05) is 11.5 Å². The van der Waals surface area contributed by atoms with Gasteiger partial charge in [0.05, 0.1) is 0 Å². The second-order valence-corrected chi connectivity index (χ2v) is 12.1. The van der Waals surface area contributed by atoms with Crippen LogP contribution in [0.2, 0.25) is 0 Å². The van der Waals surface area contributed by atoms with Gasteiger partial charge < -0.3 is 20.2 Å². The third kappa shape index (κ3) is 8.54. The molecule has 2 aliphatic rings. The summed E-state index contributed by atoms with van der Waals surface area (Å²) < 4.78 is 5.17. The molecule has 2 atom stereocenters. The first-order valence-corrected chi connectivity index (χ1v) is 15.9. The Kier molecular flexibility index (Phi) is 11.3. The fourth-order valence-corrected chi connectivity index (χ4v) is 6.36. The molecular formula is C29H27N3O10S2. The molecule has 0 unspecified atom stereocenters. The zero-order valence-corrected chi connectivity index (χ0v) is 24.7. The van der Waals surface area contributed by atoms with Gasteiger partial charge in [0.2, 0.25) is 6.10 Å². The summed E-state index contributed by atoms with van der Waals surface area (Å²) in [5.41, 5.74) is 0.507. The number of nitrogens with one attached hydrogen (secondary N) is 2. The van der Waals surface area contributed by atoms with Gasteiger partial charge in [-0.1, -0.05) is 58.0 Å². The van der Waals surface area contributed by atoms with Crippen LogP contribution in [0.1, 0.15) is 46.4 Å². The molecule has 1 aliphatic heterocycles. The number of ketones is 2. The van der Waals surface area contributed by atoms with Crippen LogP contribution in [0.15, 0.2) is 60.7 Å².